The Balaban J connectivity index is 2.05. The number of hydrogen-bond donors (Lipinski definition) is 0. The van der Waals surface area contributed by atoms with Gasteiger partial charge in [0.1, 0.15) is 0 Å². The molecule has 7 heteroatoms. The SMILES string of the molecule is O=C1c2ccccc2C(=O)N1CCSC(F)(F)F. The van der Waals surface area contributed by atoms with E-state index in [9.17, 15) is 22.8 Å². The van der Waals surface area contributed by atoms with Gasteiger partial charge in [-0.2, -0.15) is 13.2 Å². The van der Waals surface area contributed by atoms with Crippen LogP contribution in [0.25, 0.3) is 0 Å². The molecule has 1 aliphatic heterocycles. The molecule has 0 radical (unpaired) electrons. The Labute approximate surface area is 105 Å². The van der Waals surface area contributed by atoms with Crippen LogP contribution in [0.15, 0.2) is 24.3 Å². The van der Waals surface area contributed by atoms with Crippen LogP contribution >= 0.6 is 11.8 Å². The Morgan fingerprint density at radius 2 is 1.56 bits per heavy atom. The molecular weight excluding hydrogens is 267 g/mol. The first-order valence-corrected chi connectivity index (χ1v) is 6.04. The van der Waals surface area contributed by atoms with E-state index in [1.165, 1.54) is 12.1 Å². The largest absolute Gasteiger partial charge is 0.441 e. The molecule has 0 unspecified atom stereocenters. The number of halogens is 3. The molecule has 1 heterocycles. The lowest BCUT2D eigenvalue weighted by atomic mass is 10.1. The third-order valence-electron chi connectivity index (χ3n) is 2.46. The maximum atomic E-state index is 12.0. The maximum absolute atomic E-state index is 12.0. The first-order chi connectivity index (χ1) is 8.40. The molecule has 0 atom stereocenters. The summed E-state index contributed by atoms with van der Waals surface area (Å²) in [6.45, 7) is -0.240. The van der Waals surface area contributed by atoms with Gasteiger partial charge in [-0.3, -0.25) is 14.5 Å². The van der Waals surface area contributed by atoms with E-state index in [1.807, 2.05) is 0 Å². The number of fused-ring (bicyclic) bond motifs is 1. The van der Waals surface area contributed by atoms with Gasteiger partial charge in [-0.15, -0.1) is 0 Å². The number of thioether (sulfide) groups is 1. The van der Waals surface area contributed by atoms with Crippen molar-refractivity contribution < 1.29 is 22.8 Å². The summed E-state index contributed by atoms with van der Waals surface area (Å²) in [5.74, 6) is -1.41. The minimum atomic E-state index is -4.35. The van der Waals surface area contributed by atoms with E-state index in [0.29, 0.717) is 0 Å². The molecule has 0 fully saturated rings. The Morgan fingerprint density at radius 1 is 1.06 bits per heavy atom. The molecule has 0 saturated heterocycles. The highest BCUT2D eigenvalue weighted by atomic mass is 32.2. The van der Waals surface area contributed by atoms with Crippen molar-refractivity contribution in [2.45, 2.75) is 5.51 Å². The van der Waals surface area contributed by atoms with E-state index in [2.05, 4.69) is 0 Å². The molecule has 1 aliphatic rings. The van der Waals surface area contributed by atoms with Crippen LogP contribution in [0.1, 0.15) is 20.7 Å². The van der Waals surface area contributed by atoms with Crippen molar-refractivity contribution in [3.8, 4) is 0 Å². The number of carbonyl (C=O) groups is 2. The molecule has 18 heavy (non-hydrogen) atoms. The molecule has 0 aromatic heterocycles. The van der Waals surface area contributed by atoms with Crippen LogP contribution in [-0.4, -0.2) is 34.5 Å². The molecule has 0 spiro atoms. The summed E-state index contributed by atoms with van der Waals surface area (Å²) in [5, 5.41) is 0. The van der Waals surface area contributed by atoms with Gasteiger partial charge in [0.05, 0.1) is 11.1 Å². The van der Waals surface area contributed by atoms with Gasteiger partial charge in [0.15, 0.2) is 0 Å². The summed E-state index contributed by atoms with van der Waals surface area (Å²) in [5.41, 5.74) is -3.85. The summed E-state index contributed by atoms with van der Waals surface area (Å²) in [7, 11) is 0. The monoisotopic (exact) mass is 275 g/mol. The second-order valence-corrected chi connectivity index (χ2v) is 4.76. The van der Waals surface area contributed by atoms with Crippen molar-refractivity contribution in [3.63, 3.8) is 0 Å². The van der Waals surface area contributed by atoms with Gasteiger partial charge >= 0.3 is 5.51 Å². The predicted molar refractivity (Wildman–Crippen MR) is 60.3 cm³/mol. The summed E-state index contributed by atoms with van der Waals surface area (Å²) in [6, 6.07) is 6.20. The number of hydrogen-bond acceptors (Lipinski definition) is 3. The molecule has 2 amide bonds. The van der Waals surface area contributed by atoms with E-state index in [1.54, 1.807) is 12.1 Å². The fourth-order valence-electron chi connectivity index (χ4n) is 1.69. The third-order valence-corrected chi connectivity index (χ3v) is 3.17. The number of alkyl halides is 3. The fourth-order valence-corrected chi connectivity index (χ4v) is 2.20. The van der Waals surface area contributed by atoms with Crippen LogP contribution in [0.3, 0.4) is 0 Å². The van der Waals surface area contributed by atoms with Gasteiger partial charge in [0.2, 0.25) is 0 Å². The lowest BCUT2D eigenvalue weighted by Crippen LogP contribution is -2.32. The lowest BCUT2D eigenvalue weighted by Gasteiger charge is -2.13. The molecule has 2 rings (SSSR count). The second-order valence-electron chi connectivity index (χ2n) is 3.60. The van der Waals surface area contributed by atoms with Crippen LogP contribution in [0, 0.1) is 0 Å². The number of carbonyl (C=O) groups excluding carboxylic acids is 2. The smallest absolute Gasteiger partial charge is 0.274 e. The molecule has 1 aromatic carbocycles. The maximum Gasteiger partial charge on any atom is 0.441 e. The molecule has 96 valence electrons. The van der Waals surface area contributed by atoms with E-state index in [-0.39, 0.29) is 35.2 Å². The zero-order valence-corrected chi connectivity index (χ0v) is 9.85. The summed E-state index contributed by atoms with van der Waals surface area (Å²) >= 11 is -0.243. The average molecular weight is 275 g/mol. The molecule has 3 nitrogen and oxygen atoms in total. The van der Waals surface area contributed by atoms with Crippen LogP contribution < -0.4 is 0 Å². The van der Waals surface area contributed by atoms with Crippen LogP contribution in [0.4, 0.5) is 13.2 Å². The quantitative estimate of drug-likeness (QED) is 0.795. The van der Waals surface area contributed by atoms with E-state index in [4.69, 9.17) is 0 Å². The Morgan fingerprint density at radius 3 is 2.00 bits per heavy atom. The molecule has 0 saturated carbocycles. The normalized spacial score (nSPS) is 15.2. The van der Waals surface area contributed by atoms with Gasteiger partial charge in [-0.1, -0.05) is 12.1 Å². The average Bonchev–Trinajstić information content (AvgIpc) is 2.53. The van der Waals surface area contributed by atoms with Gasteiger partial charge in [-0.05, 0) is 23.9 Å². The highest BCUT2D eigenvalue weighted by Gasteiger charge is 2.36. The third kappa shape index (κ3) is 2.50. The number of benzene rings is 1. The second kappa shape index (κ2) is 4.64. The van der Waals surface area contributed by atoms with Gasteiger partial charge in [0, 0.05) is 12.3 Å². The molecule has 0 N–H and O–H groups in total. The van der Waals surface area contributed by atoms with Crippen molar-refractivity contribution in [1.29, 1.82) is 0 Å². The number of nitrogens with zero attached hydrogens (tertiary/aromatic N) is 1. The van der Waals surface area contributed by atoms with E-state index < -0.39 is 17.3 Å². The minimum Gasteiger partial charge on any atom is -0.274 e. The molecule has 1 aromatic rings. The van der Waals surface area contributed by atoms with Crippen molar-refractivity contribution in [1.82, 2.24) is 4.90 Å². The first kappa shape index (κ1) is 12.9. The predicted octanol–water partition coefficient (Wildman–Crippen LogP) is 2.54. The fraction of sp³-hybridized carbons (Fsp3) is 0.273. The summed E-state index contributed by atoms with van der Waals surface area (Å²) < 4.78 is 35.9. The number of imide groups is 1. The number of rotatable bonds is 3. The molecule has 0 bridgehead atoms. The van der Waals surface area contributed by atoms with Gasteiger partial charge < -0.3 is 0 Å². The summed E-state index contributed by atoms with van der Waals surface area (Å²) in [4.78, 5) is 24.4. The van der Waals surface area contributed by atoms with Gasteiger partial charge in [-0.25, -0.2) is 0 Å². The van der Waals surface area contributed by atoms with Crippen molar-refractivity contribution in [2.24, 2.45) is 0 Å². The van der Waals surface area contributed by atoms with Crippen molar-refractivity contribution >= 4 is 23.6 Å². The molecule has 0 aliphatic carbocycles. The van der Waals surface area contributed by atoms with Crippen LogP contribution in [0.2, 0.25) is 0 Å². The first-order valence-electron chi connectivity index (χ1n) is 5.06. The van der Waals surface area contributed by atoms with Crippen molar-refractivity contribution in [2.75, 3.05) is 12.3 Å². The Kier molecular flexibility index (Phi) is 3.34. The zero-order valence-electron chi connectivity index (χ0n) is 9.03. The van der Waals surface area contributed by atoms with Gasteiger partial charge in [0.25, 0.3) is 11.8 Å². The van der Waals surface area contributed by atoms with E-state index in [0.717, 1.165) is 4.90 Å². The highest BCUT2D eigenvalue weighted by Crippen LogP contribution is 2.30. The van der Waals surface area contributed by atoms with Crippen molar-refractivity contribution in [3.05, 3.63) is 35.4 Å². The standard InChI is InChI=1S/C11H8F3NO2S/c12-11(13,14)18-6-5-15-9(16)7-3-1-2-4-8(7)10(15)17/h1-4H,5-6H2. The molecular formula is C11H8F3NO2S. The lowest BCUT2D eigenvalue weighted by molar-refractivity contribution is -0.0329. The van der Waals surface area contributed by atoms with E-state index >= 15 is 0 Å². The van der Waals surface area contributed by atoms with Crippen LogP contribution in [0.5, 0.6) is 0 Å². The zero-order chi connectivity index (χ0) is 13.3. The highest BCUT2D eigenvalue weighted by molar-refractivity contribution is 8.00. The summed E-state index contributed by atoms with van der Waals surface area (Å²) in [6.07, 6.45) is 0. The Hall–Kier alpha value is -1.50. The number of amides is 2. The topological polar surface area (TPSA) is 37.4 Å². The minimum absolute atomic E-state index is 0.240. The Bertz CT molecular complexity index is 466. The van der Waals surface area contributed by atoms with Crippen LogP contribution in [-0.2, 0) is 0 Å².